The van der Waals surface area contributed by atoms with E-state index in [1.54, 1.807) is 11.6 Å². The second-order valence-corrected chi connectivity index (χ2v) is 2.79. The smallest absolute Gasteiger partial charge is 0.154 e. The van der Waals surface area contributed by atoms with E-state index in [0.29, 0.717) is 0 Å². The highest BCUT2D eigenvalue weighted by molar-refractivity contribution is 5.80. The van der Waals surface area contributed by atoms with Crippen LogP contribution in [0.4, 0.5) is 0 Å². The molecule has 4 heteroatoms. The van der Waals surface area contributed by atoms with E-state index in [1.807, 2.05) is 0 Å². The number of ketones is 1. The van der Waals surface area contributed by atoms with Gasteiger partial charge in [0, 0.05) is 6.42 Å². The molecule has 1 aromatic rings. The van der Waals surface area contributed by atoms with Crippen LogP contribution < -0.4 is 0 Å². The van der Waals surface area contributed by atoms with Gasteiger partial charge in [-0.25, -0.2) is 9.67 Å². The number of carbonyl (C=O) groups excluding carboxylic acids is 1. The lowest BCUT2D eigenvalue weighted by Crippen LogP contribution is -2.13. The summed E-state index contributed by atoms with van der Waals surface area (Å²) in [7, 11) is 0. The Morgan fingerprint density at radius 1 is 1.82 bits per heavy atom. The minimum absolute atomic E-state index is 0.0486. The van der Waals surface area contributed by atoms with E-state index in [0.717, 1.165) is 18.7 Å². The van der Waals surface area contributed by atoms with E-state index in [1.165, 1.54) is 6.33 Å². The molecular weight excluding hydrogens is 142 g/mol. The van der Waals surface area contributed by atoms with Crippen molar-refractivity contribution in [3.8, 4) is 0 Å². The van der Waals surface area contributed by atoms with Gasteiger partial charge in [0.05, 0.1) is 0 Å². The van der Waals surface area contributed by atoms with Crippen LogP contribution >= 0.6 is 0 Å². The van der Waals surface area contributed by atoms with Gasteiger partial charge in [-0.3, -0.25) is 4.79 Å². The standard InChI is InChI=1S/C7H9N3O/c1-5(11)6-2-3-7-8-4-9-10(6)7/h4,6H,2-3H2,1H3. The van der Waals surface area contributed by atoms with E-state index in [9.17, 15) is 4.79 Å². The molecule has 0 fully saturated rings. The van der Waals surface area contributed by atoms with Gasteiger partial charge in [-0.1, -0.05) is 0 Å². The molecule has 0 saturated carbocycles. The molecule has 0 N–H and O–H groups in total. The fourth-order valence-corrected chi connectivity index (χ4v) is 1.48. The van der Waals surface area contributed by atoms with Gasteiger partial charge in [-0.2, -0.15) is 5.10 Å². The van der Waals surface area contributed by atoms with Gasteiger partial charge < -0.3 is 0 Å². The molecule has 0 bridgehead atoms. The molecule has 4 nitrogen and oxygen atoms in total. The Bertz CT molecular complexity index is 292. The lowest BCUT2D eigenvalue weighted by Gasteiger charge is -2.04. The maximum absolute atomic E-state index is 11.0. The Hall–Kier alpha value is -1.19. The van der Waals surface area contributed by atoms with Crippen molar-refractivity contribution in [1.82, 2.24) is 14.8 Å². The Morgan fingerprint density at radius 2 is 2.64 bits per heavy atom. The summed E-state index contributed by atoms with van der Waals surface area (Å²) in [5.74, 6) is 1.11. The number of nitrogens with zero attached hydrogens (tertiary/aromatic N) is 3. The summed E-state index contributed by atoms with van der Waals surface area (Å²) in [5, 5.41) is 3.98. The second-order valence-electron chi connectivity index (χ2n) is 2.79. The Morgan fingerprint density at radius 3 is 3.36 bits per heavy atom. The second kappa shape index (κ2) is 2.15. The summed E-state index contributed by atoms with van der Waals surface area (Å²) in [5.41, 5.74) is 0. The minimum atomic E-state index is -0.0486. The molecule has 11 heavy (non-hydrogen) atoms. The summed E-state index contributed by atoms with van der Waals surface area (Å²) in [6.07, 6.45) is 3.25. The van der Waals surface area contributed by atoms with Crippen LogP contribution in [0.3, 0.4) is 0 Å². The molecule has 1 atom stereocenters. The molecule has 1 aromatic heterocycles. The fraction of sp³-hybridized carbons (Fsp3) is 0.571. The minimum Gasteiger partial charge on any atom is -0.298 e. The molecule has 1 aliphatic rings. The molecule has 58 valence electrons. The van der Waals surface area contributed by atoms with Crippen molar-refractivity contribution < 1.29 is 4.79 Å². The quantitative estimate of drug-likeness (QED) is 0.582. The van der Waals surface area contributed by atoms with Crippen molar-refractivity contribution in [3.63, 3.8) is 0 Å². The first-order valence-corrected chi connectivity index (χ1v) is 3.68. The fourth-order valence-electron chi connectivity index (χ4n) is 1.48. The van der Waals surface area contributed by atoms with Crippen LogP contribution in [0.25, 0.3) is 0 Å². The van der Waals surface area contributed by atoms with Gasteiger partial charge in [-0.05, 0) is 13.3 Å². The number of hydrogen-bond acceptors (Lipinski definition) is 3. The van der Waals surface area contributed by atoms with E-state index >= 15 is 0 Å². The molecule has 0 spiro atoms. The van der Waals surface area contributed by atoms with E-state index in [2.05, 4.69) is 10.1 Å². The van der Waals surface area contributed by atoms with Crippen molar-refractivity contribution in [2.45, 2.75) is 25.8 Å². The summed E-state index contributed by atoms with van der Waals surface area (Å²) in [6, 6.07) is -0.0486. The van der Waals surface area contributed by atoms with Crippen LogP contribution in [-0.2, 0) is 11.2 Å². The van der Waals surface area contributed by atoms with Gasteiger partial charge in [0.1, 0.15) is 18.2 Å². The van der Waals surface area contributed by atoms with Gasteiger partial charge >= 0.3 is 0 Å². The number of rotatable bonds is 1. The van der Waals surface area contributed by atoms with E-state index in [4.69, 9.17) is 0 Å². The molecule has 0 aromatic carbocycles. The first-order valence-electron chi connectivity index (χ1n) is 3.68. The predicted octanol–water partition coefficient (Wildman–Crippen LogP) is 0.354. The Labute approximate surface area is 64.2 Å². The molecule has 0 amide bonds. The van der Waals surface area contributed by atoms with E-state index in [-0.39, 0.29) is 11.8 Å². The monoisotopic (exact) mass is 151 g/mol. The number of aryl methyl sites for hydroxylation is 1. The van der Waals surface area contributed by atoms with Crippen LogP contribution in [0.15, 0.2) is 6.33 Å². The maximum Gasteiger partial charge on any atom is 0.154 e. The van der Waals surface area contributed by atoms with Crippen molar-refractivity contribution in [3.05, 3.63) is 12.2 Å². The lowest BCUT2D eigenvalue weighted by molar-refractivity contribution is -0.120. The van der Waals surface area contributed by atoms with Crippen molar-refractivity contribution in [1.29, 1.82) is 0 Å². The van der Waals surface area contributed by atoms with Crippen molar-refractivity contribution >= 4 is 5.78 Å². The zero-order chi connectivity index (χ0) is 7.84. The average molecular weight is 151 g/mol. The Balaban J connectivity index is 2.38. The maximum atomic E-state index is 11.0. The van der Waals surface area contributed by atoms with Crippen LogP contribution in [0.2, 0.25) is 0 Å². The lowest BCUT2D eigenvalue weighted by atomic mass is 10.1. The van der Waals surface area contributed by atoms with Gasteiger partial charge in [0.2, 0.25) is 0 Å². The number of Topliss-reactive ketones (excluding diaryl/α,β-unsaturated/α-hetero) is 1. The number of carbonyl (C=O) groups is 1. The average Bonchev–Trinajstić information content (AvgIpc) is 2.41. The van der Waals surface area contributed by atoms with E-state index < -0.39 is 0 Å². The largest absolute Gasteiger partial charge is 0.298 e. The van der Waals surface area contributed by atoms with Crippen LogP contribution in [0.1, 0.15) is 25.2 Å². The van der Waals surface area contributed by atoms with Gasteiger partial charge in [0.15, 0.2) is 5.78 Å². The summed E-state index contributed by atoms with van der Waals surface area (Å²) >= 11 is 0. The molecule has 0 radical (unpaired) electrons. The highest BCUT2D eigenvalue weighted by atomic mass is 16.1. The van der Waals surface area contributed by atoms with Crippen LogP contribution in [0.5, 0.6) is 0 Å². The molecule has 1 unspecified atom stereocenters. The van der Waals surface area contributed by atoms with Gasteiger partial charge in [-0.15, -0.1) is 0 Å². The number of hydrogen-bond donors (Lipinski definition) is 0. The highest BCUT2D eigenvalue weighted by Crippen LogP contribution is 2.22. The third kappa shape index (κ3) is 0.859. The number of fused-ring (bicyclic) bond motifs is 1. The Kier molecular flexibility index (Phi) is 1.27. The first kappa shape index (κ1) is 6.52. The molecule has 2 rings (SSSR count). The first-order chi connectivity index (χ1) is 5.29. The van der Waals surface area contributed by atoms with Crippen LogP contribution in [0, 0.1) is 0 Å². The molecular formula is C7H9N3O. The van der Waals surface area contributed by atoms with Gasteiger partial charge in [0.25, 0.3) is 0 Å². The summed E-state index contributed by atoms with van der Waals surface area (Å²) in [6.45, 7) is 1.60. The van der Waals surface area contributed by atoms with Crippen LogP contribution in [-0.4, -0.2) is 20.5 Å². The molecule has 1 aliphatic heterocycles. The van der Waals surface area contributed by atoms with Crippen molar-refractivity contribution in [2.75, 3.05) is 0 Å². The normalized spacial score (nSPS) is 21.7. The highest BCUT2D eigenvalue weighted by Gasteiger charge is 2.26. The predicted molar refractivity (Wildman–Crippen MR) is 38.1 cm³/mol. The zero-order valence-electron chi connectivity index (χ0n) is 6.32. The molecule has 2 heterocycles. The zero-order valence-corrected chi connectivity index (χ0v) is 6.32. The summed E-state index contributed by atoms with van der Waals surface area (Å²) in [4.78, 5) is 15.0. The number of aromatic nitrogens is 3. The van der Waals surface area contributed by atoms with Crippen molar-refractivity contribution in [2.24, 2.45) is 0 Å². The molecule has 0 aliphatic carbocycles. The third-order valence-electron chi connectivity index (χ3n) is 2.05. The topological polar surface area (TPSA) is 47.8 Å². The molecule has 0 saturated heterocycles. The summed E-state index contributed by atoms with van der Waals surface area (Å²) < 4.78 is 1.72. The third-order valence-corrected chi connectivity index (χ3v) is 2.05. The SMILES string of the molecule is CC(=O)C1CCc2ncnn21.